The first-order chi connectivity index (χ1) is 8.58. The molecule has 0 aromatic heterocycles. The van der Waals surface area contributed by atoms with E-state index in [0.717, 1.165) is 10.0 Å². The Kier molecular flexibility index (Phi) is 7.00. The summed E-state index contributed by atoms with van der Waals surface area (Å²) in [5, 5.41) is 0.577. The number of aryl methyl sites for hydroxylation is 1. The number of ether oxygens (including phenoxy) is 3. The summed E-state index contributed by atoms with van der Waals surface area (Å²) in [5.41, 5.74) is 0.973. The van der Waals surface area contributed by atoms with Crippen LogP contribution in [-0.2, 0) is 9.47 Å². The summed E-state index contributed by atoms with van der Waals surface area (Å²) in [5.74, 6) is 0.671. The van der Waals surface area contributed by atoms with Gasteiger partial charge in [0.2, 0.25) is 0 Å². The molecule has 1 aromatic rings. The fraction of sp³-hybridized carbons (Fsp3) is 0.538. The fourth-order valence-electron chi connectivity index (χ4n) is 1.54. The quantitative estimate of drug-likeness (QED) is 0.698. The largest absolute Gasteiger partial charge is 0.486 e. The molecule has 0 N–H and O–H groups in total. The molecule has 0 saturated heterocycles. The monoisotopic (exact) mass is 336 g/mol. The van der Waals surface area contributed by atoms with Crippen molar-refractivity contribution in [3.63, 3.8) is 0 Å². The lowest BCUT2D eigenvalue weighted by molar-refractivity contribution is -0.152. The molecule has 0 aliphatic carbocycles. The van der Waals surface area contributed by atoms with Crippen molar-refractivity contribution >= 4 is 27.5 Å². The molecule has 1 aromatic carbocycles. The molecule has 0 aliphatic heterocycles. The van der Waals surface area contributed by atoms with E-state index in [1.54, 1.807) is 6.07 Å². The van der Waals surface area contributed by atoms with Gasteiger partial charge in [-0.05, 0) is 38.5 Å². The van der Waals surface area contributed by atoms with E-state index in [4.69, 9.17) is 25.8 Å². The highest BCUT2D eigenvalue weighted by molar-refractivity contribution is 9.10. The Balaban J connectivity index is 2.66. The van der Waals surface area contributed by atoms with E-state index in [1.807, 2.05) is 26.8 Å². The summed E-state index contributed by atoms with van der Waals surface area (Å²) in [6.45, 7) is 7.28. The number of hydrogen-bond acceptors (Lipinski definition) is 3. The van der Waals surface area contributed by atoms with Crippen LogP contribution in [0.2, 0.25) is 5.02 Å². The predicted octanol–water partition coefficient (Wildman–Crippen LogP) is 4.19. The van der Waals surface area contributed by atoms with Gasteiger partial charge in [-0.15, -0.1) is 0 Å². The zero-order valence-corrected chi connectivity index (χ0v) is 13.2. The van der Waals surface area contributed by atoms with Gasteiger partial charge in [-0.3, -0.25) is 0 Å². The molecule has 5 heteroatoms. The van der Waals surface area contributed by atoms with Crippen LogP contribution in [0.5, 0.6) is 5.75 Å². The van der Waals surface area contributed by atoms with Crippen molar-refractivity contribution in [2.24, 2.45) is 0 Å². The lowest BCUT2D eigenvalue weighted by Gasteiger charge is -2.19. The van der Waals surface area contributed by atoms with E-state index in [9.17, 15) is 0 Å². The second-order valence-corrected chi connectivity index (χ2v) is 5.01. The minimum absolute atomic E-state index is 0.323. The molecular weight excluding hydrogens is 319 g/mol. The Hall–Kier alpha value is -0.290. The minimum atomic E-state index is -0.362. The third kappa shape index (κ3) is 4.76. The van der Waals surface area contributed by atoms with Crippen molar-refractivity contribution in [2.45, 2.75) is 27.1 Å². The molecule has 0 bridgehead atoms. The highest BCUT2D eigenvalue weighted by Gasteiger charge is 2.12. The third-order valence-corrected chi connectivity index (χ3v) is 3.00. The van der Waals surface area contributed by atoms with Crippen molar-refractivity contribution in [2.75, 3.05) is 19.8 Å². The lowest BCUT2D eigenvalue weighted by Crippen LogP contribution is -2.25. The summed E-state index contributed by atoms with van der Waals surface area (Å²) in [6.07, 6.45) is -0.362. The number of rotatable bonds is 7. The first-order valence-electron chi connectivity index (χ1n) is 5.90. The maximum Gasteiger partial charge on any atom is 0.191 e. The molecule has 0 atom stereocenters. The fourth-order valence-corrected chi connectivity index (χ4v) is 2.56. The van der Waals surface area contributed by atoms with Crippen LogP contribution in [0.15, 0.2) is 16.6 Å². The van der Waals surface area contributed by atoms with Gasteiger partial charge in [-0.2, -0.15) is 0 Å². The van der Waals surface area contributed by atoms with Crippen molar-refractivity contribution in [3.8, 4) is 5.75 Å². The molecule has 3 nitrogen and oxygen atoms in total. The summed E-state index contributed by atoms with van der Waals surface area (Å²) in [6, 6.07) is 3.76. The first-order valence-corrected chi connectivity index (χ1v) is 7.07. The molecule has 0 amide bonds. The van der Waals surface area contributed by atoms with E-state index < -0.39 is 0 Å². The number of halogens is 2. The van der Waals surface area contributed by atoms with E-state index in [2.05, 4.69) is 15.9 Å². The Labute approximate surface area is 121 Å². The van der Waals surface area contributed by atoms with Crippen molar-refractivity contribution < 1.29 is 14.2 Å². The first kappa shape index (κ1) is 15.8. The van der Waals surface area contributed by atoms with Gasteiger partial charge in [0, 0.05) is 17.7 Å². The van der Waals surface area contributed by atoms with Gasteiger partial charge >= 0.3 is 0 Å². The second kappa shape index (κ2) is 8.00. The van der Waals surface area contributed by atoms with Gasteiger partial charge in [0.1, 0.15) is 12.4 Å². The van der Waals surface area contributed by atoms with Crippen LogP contribution < -0.4 is 4.74 Å². The van der Waals surface area contributed by atoms with Gasteiger partial charge in [-0.25, -0.2) is 0 Å². The standard InChI is InChI=1S/C13H18BrClO3/c1-4-16-12(17-5-2)8-18-13-9(3)6-10(14)7-11(13)15/h6-7,12H,4-5,8H2,1-3H3. The van der Waals surface area contributed by atoms with Gasteiger partial charge in [0.05, 0.1) is 5.02 Å². The van der Waals surface area contributed by atoms with Crippen LogP contribution >= 0.6 is 27.5 Å². The van der Waals surface area contributed by atoms with Crippen LogP contribution in [0, 0.1) is 6.92 Å². The summed E-state index contributed by atoms with van der Waals surface area (Å²) < 4.78 is 17.4. The minimum Gasteiger partial charge on any atom is -0.486 e. The van der Waals surface area contributed by atoms with Crippen molar-refractivity contribution in [1.29, 1.82) is 0 Å². The van der Waals surface area contributed by atoms with Crippen LogP contribution in [0.25, 0.3) is 0 Å². The molecule has 0 unspecified atom stereocenters. The van der Waals surface area contributed by atoms with Crippen molar-refractivity contribution in [3.05, 3.63) is 27.2 Å². The van der Waals surface area contributed by atoms with Crippen molar-refractivity contribution in [1.82, 2.24) is 0 Å². The average molecular weight is 338 g/mol. The Morgan fingerprint density at radius 1 is 1.22 bits per heavy atom. The highest BCUT2D eigenvalue weighted by Crippen LogP contribution is 2.32. The Morgan fingerprint density at radius 3 is 2.33 bits per heavy atom. The molecular formula is C13H18BrClO3. The summed E-state index contributed by atoms with van der Waals surface area (Å²) in [4.78, 5) is 0. The normalized spacial score (nSPS) is 11.0. The zero-order chi connectivity index (χ0) is 13.5. The van der Waals surface area contributed by atoms with E-state index in [-0.39, 0.29) is 6.29 Å². The molecule has 1 rings (SSSR count). The van der Waals surface area contributed by atoms with Crippen LogP contribution in [0.1, 0.15) is 19.4 Å². The smallest absolute Gasteiger partial charge is 0.191 e. The van der Waals surface area contributed by atoms with E-state index >= 15 is 0 Å². The number of hydrogen-bond donors (Lipinski definition) is 0. The van der Waals surface area contributed by atoms with Gasteiger partial charge < -0.3 is 14.2 Å². The number of benzene rings is 1. The molecule has 0 heterocycles. The molecule has 102 valence electrons. The van der Waals surface area contributed by atoms with Crippen LogP contribution in [0.3, 0.4) is 0 Å². The molecule has 18 heavy (non-hydrogen) atoms. The predicted molar refractivity (Wildman–Crippen MR) is 76.4 cm³/mol. The van der Waals surface area contributed by atoms with E-state index in [0.29, 0.717) is 30.6 Å². The van der Waals surface area contributed by atoms with Gasteiger partial charge in [0.15, 0.2) is 6.29 Å². The van der Waals surface area contributed by atoms with Gasteiger partial charge in [0.25, 0.3) is 0 Å². The summed E-state index contributed by atoms with van der Waals surface area (Å²) >= 11 is 9.52. The molecule has 0 radical (unpaired) electrons. The molecule has 0 spiro atoms. The topological polar surface area (TPSA) is 27.7 Å². The van der Waals surface area contributed by atoms with Crippen LogP contribution in [-0.4, -0.2) is 26.1 Å². The van der Waals surface area contributed by atoms with Gasteiger partial charge in [-0.1, -0.05) is 27.5 Å². The second-order valence-electron chi connectivity index (χ2n) is 3.68. The summed E-state index contributed by atoms with van der Waals surface area (Å²) in [7, 11) is 0. The Morgan fingerprint density at radius 2 is 1.83 bits per heavy atom. The molecule has 0 saturated carbocycles. The third-order valence-electron chi connectivity index (χ3n) is 2.26. The SMILES string of the molecule is CCOC(COc1c(C)cc(Br)cc1Cl)OCC. The van der Waals surface area contributed by atoms with Crippen LogP contribution in [0.4, 0.5) is 0 Å². The average Bonchev–Trinajstić information content (AvgIpc) is 2.28. The zero-order valence-electron chi connectivity index (χ0n) is 10.8. The molecule has 0 aliphatic rings. The lowest BCUT2D eigenvalue weighted by atomic mass is 10.2. The maximum atomic E-state index is 6.14. The Bertz CT molecular complexity index is 355. The molecule has 0 fully saturated rings. The van der Waals surface area contributed by atoms with E-state index in [1.165, 1.54) is 0 Å². The maximum absolute atomic E-state index is 6.14. The highest BCUT2D eigenvalue weighted by atomic mass is 79.9.